The Morgan fingerprint density at radius 1 is 0.938 bits per heavy atom. The molecular formula is C26H23N3O2S. The Morgan fingerprint density at radius 2 is 1.78 bits per heavy atom. The lowest BCUT2D eigenvalue weighted by molar-refractivity contribution is 0.301. The van der Waals surface area contributed by atoms with Gasteiger partial charge in [-0.25, -0.2) is 9.97 Å². The summed E-state index contributed by atoms with van der Waals surface area (Å²) in [7, 11) is 0. The highest BCUT2D eigenvalue weighted by Crippen LogP contribution is 2.34. The third kappa shape index (κ3) is 4.98. The summed E-state index contributed by atoms with van der Waals surface area (Å²) in [5, 5.41) is 0. The van der Waals surface area contributed by atoms with Gasteiger partial charge >= 0.3 is 0 Å². The van der Waals surface area contributed by atoms with Gasteiger partial charge in [-0.15, -0.1) is 11.3 Å². The lowest BCUT2D eigenvalue weighted by Crippen LogP contribution is -1.98. The van der Waals surface area contributed by atoms with Gasteiger partial charge in [0.05, 0.1) is 11.2 Å². The standard InChI is InChI=1S/C26H23N3O2S/c1-2-6-21(7-3-1)24-12-13-25(32-24)26-28-22(18-31-26)17-30-23-10-8-20(9-11-23)5-4-15-29-16-14-27-19-29/h1-3,6-14,16,18-19H,4-5,15,17H2. The van der Waals surface area contributed by atoms with Crippen LogP contribution in [0, 0.1) is 0 Å². The predicted molar refractivity (Wildman–Crippen MR) is 127 cm³/mol. The van der Waals surface area contributed by atoms with Crippen molar-refractivity contribution in [2.24, 2.45) is 0 Å². The summed E-state index contributed by atoms with van der Waals surface area (Å²) < 4.78 is 13.7. The fourth-order valence-electron chi connectivity index (χ4n) is 3.49. The Hall–Kier alpha value is -3.64. The van der Waals surface area contributed by atoms with E-state index in [0.29, 0.717) is 12.5 Å². The van der Waals surface area contributed by atoms with E-state index in [0.717, 1.165) is 35.7 Å². The van der Waals surface area contributed by atoms with Gasteiger partial charge in [0.15, 0.2) is 0 Å². The van der Waals surface area contributed by atoms with E-state index in [1.807, 2.05) is 49.1 Å². The first-order valence-electron chi connectivity index (χ1n) is 10.6. The number of rotatable bonds is 9. The van der Waals surface area contributed by atoms with E-state index in [-0.39, 0.29) is 0 Å². The van der Waals surface area contributed by atoms with Crippen molar-refractivity contribution >= 4 is 11.3 Å². The Balaban J connectivity index is 1.14. The first-order chi connectivity index (χ1) is 15.8. The molecule has 0 unspecified atom stereocenters. The number of thiophene rings is 1. The highest BCUT2D eigenvalue weighted by atomic mass is 32.1. The third-order valence-corrected chi connectivity index (χ3v) is 6.30. The molecule has 0 aliphatic rings. The van der Waals surface area contributed by atoms with Crippen LogP contribution in [0.4, 0.5) is 0 Å². The number of oxazole rings is 1. The van der Waals surface area contributed by atoms with E-state index >= 15 is 0 Å². The fraction of sp³-hybridized carbons (Fsp3) is 0.154. The summed E-state index contributed by atoms with van der Waals surface area (Å²) in [5.41, 5.74) is 3.27. The molecule has 0 saturated heterocycles. The van der Waals surface area contributed by atoms with Crippen LogP contribution in [-0.2, 0) is 19.6 Å². The first-order valence-corrected chi connectivity index (χ1v) is 11.4. The van der Waals surface area contributed by atoms with Crippen molar-refractivity contribution in [3.05, 3.63) is 103 Å². The summed E-state index contributed by atoms with van der Waals surface area (Å²) in [4.78, 5) is 10.9. The smallest absolute Gasteiger partial charge is 0.236 e. The van der Waals surface area contributed by atoms with Gasteiger partial charge in [-0.1, -0.05) is 42.5 Å². The van der Waals surface area contributed by atoms with Crippen LogP contribution in [0.15, 0.2) is 96.1 Å². The van der Waals surface area contributed by atoms with Crippen LogP contribution in [0.2, 0.25) is 0 Å². The van der Waals surface area contributed by atoms with E-state index < -0.39 is 0 Å². The van der Waals surface area contributed by atoms with Crippen molar-refractivity contribution in [3.63, 3.8) is 0 Å². The van der Waals surface area contributed by atoms with Gasteiger partial charge in [0, 0.05) is 23.8 Å². The summed E-state index contributed by atoms with van der Waals surface area (Å²) in [6.07, 6.45) is 9.43. The second kappa shape index (κ2) is 9.66. The molecule has 0 aliphatic heterocycles. The largest absolute Gasteiger partial charge is 0.487 e. The number of nitrogens with zero attached hydrogens (tertiary/aromatic N) is 3. The Labute approximate surface area is 191 Å². The van der Waals surface area contributed by atoms with Crippen LogP contribution in [0.1, 0.15) is 17.7 Å². The SMILES string of the molecule is c1ccc(-c2ccc(-c3nc(COc4ccc(CCCn5ccnc5)cc4)co3)s2)cc1. The minimum absolute atomic E-state index is 0.375. The minimum atomic E-state index is 0.375. The maximum absolute atomic E-state index is 5.90. The molecule has 0 atom stereocenters. The van der Waals surface area contributed by atoms with Gasteiger partial charge in [-0.3, -0.25) is 0 Å². The predicted octanol–water partition coefficient (Wildman–Crippen LogP) is 6.48. The maximum Gasteiger partial charge on any atom is 0.236 e. The summed E-state index contributed by atoms with van der Waals surface area (Å²) in [6, 6.07) is 22.7. The van der Waals surface area contributed by atoms with Crippen LogP contribution in [0.5, 0.6) is 5.75 Å². The summed E-state index contributed by atoms with van der Waals surface area (Å²) in [6.45, 7) is 1.35. The molecule has 0 N–H and O–H groups in total. The molecule has 5 rings (SSSR count). The van der Waals surface area contributed by atoms with Gasteiger partial charge in [0.2, 0.25) is 5.89 Å². The number of hydrogen-bond donors (Lipinski definition) is 0. The zero-order valence-corrected chi connectivity index (χ0v) is 18.4. The molecule has 0 bridgehead atoms. The fourth-order valence-corrected chi connectivity index (χ4v) is 4.44. The first kappa shape index (κ1) is 20.3. The van der Waals surface area contributed by atoms with Crippen molar-refractivity contribution in [1.29, 1.82) is 0 Å². The highest BCUT2D eigenvalue weighted by molar-refractivity contribution is 7.18. The van der Waals surface area contributed by atoms with Crippen molar-refractivity contribution in [1.82, 2.24) is 14.5 Å². The molecule has 0 fully saturated rings. The lowest BCUT2D eigenvalue weighted by atomic mass is 10.1. The Morgan fingerprint density at radius 3 is 2.59 bits per heavy atom. The van der Waals surface area contributed by atoms with E-state index in [2.05, 4.69) is 50.9 Å². The van der Waals surface area contributed by atoms with E-state index in [1.54, 1.807) is 17.6 Å². The quantitative estimate of drug-likeness (QED) is 0.263. The second-order valence-electron chi connectivity index (χ2n) is 7.51. The Bertz CT molecular complexity index is 1240. The average molecular weight is 442 g/mol. The zero-order valence-electron chi connectivity index (χ0n) is 17.6. The molecule has 0 radical (unpaired) electrons. The molecule has 0 aliphatic carbocycles. The van der Waals surface area contributed by atoms with E-state index in [9.17, 15) is 0 Å². The summed E-state index contributed by atoms with van der Waals surface area (Å²) >= 11 is 1.67. The number of imidazole rings is 1. The van der Waals surface area contributed by atoms with Crippen molar-refractivity contribution in [2.75, 3.05) is 0 Å². The van der Waals surface area contributed by atoms with Crippen LogP contribution < -0.4 is 4.74 Å². The van der Waals surface area contributed by atoms with Crippen LogP contribution in [0.25, 0.3) is 21.2 Å². The number of aromatic nitrogens is 3. The highest BCUT2D eigenvalue weighted by Gasteiger charge is 2.11. The zero-order chi connectivity index (χ0) is 21.6. The molecular weight excluding hydrogens is 418 g/mol. The normalized spacial score (nSPS) is 11.0. The molecule has 160 valence electrons. The van der Waals surface area contributed by atoms with Crippen molar-refractivity contribution < 1.29 is 9.15 Å². The molecule has 5 nitrogen and oxygen atoms in total. The van der Waals surface area contributed by atoms with Gasteiger partial charge < -0.3 is 13.7 Å². The maximum atomic E-state index is 5.90. The van der Waals surface area contributed by atoms with Crippen LogP contribution >= 0.6 is 11.3 Å². The number of benzene rings is 2. The summed E-state index contributed by atoms with van der Waals surface area (Å²) in [5.74, 6) is 1.46. The average Bonchev–Trinajstić information content (AvgIpc) is 3.61. The van der Waals surface area contributed by atoms with E-state index in [1.165, 1.54) is 16.0 Å². The molecule has 0 amide bonds. The third-order valence-electron chi connectivity index (χ3n) is 5.18. The van der Waals surface area contributed by atoms with E-state index in [4.69, 9.17) is 9.15 Å². The molecule has 0 saturated carbocycles. The van der Waals surface area contributed by atoms with Crippen molar-refractivity contribution in [2.45, 2.75) is 26.0 Å². The minimum Gasteiger partial charge on any atom is -0.487 e. The molecule has 3 aromatic heterocycles. The van der Waals surface area contributed by atoms with Crippen LogP contribution in [-0.4, -0.2) is 14.5 Å². The topological polar surface area (TPSA) is 53.1 Å². The van der Waals surface area contributed by atoms with Gasteiger partial charge in [0.1, 0.15) is 24.3 Å². The van der Waals surface area contributed by atoms with Gasteiger partial charge in [-0.05, 0) is 48.2 Å². The van der Waals surface area contributed by atoms with Crippen molar-refractivity contribution in [3.8, 4) is 27.0 Å². The number of hydrogen-bond acceptors (Lipinski definition) is 5. The molecule has 3 heterocycles. The Kier molecular flexibility index (Phi) is 6.12. The molecule has 6 heteroatoms. The molecule has 32 heavy (non-hydrogen) atoms. The number of aryl methyl sites for hydroxylation is 2. The van der Waals surface area contributed by atoms with Gasteiger partial charge in [-0.2, -0.15) is 0 Å². The molecule has 5 aromatic rings. The van der Waals surface area contributed by atoms with Crippen LogP contribution in [0.3, 0.4) is 0 Å². The molecule has 0 spiro atoms. The number of ether oxygens (including phenoxy) is 1. The lowest BCUT2D eigenvalue weighted by Gasteiger charge is -2.06. The molecule has 2 aromatic carbocycles. The monoisotopic (exact) mass is 441 g/mol. The van der Waals surface area contributed by atoms with Gasteiger partial charge in [0.25, 0.3) is 0 Å². The second-order valence-corrected chi connectivity index (χ2v) is 8.59.